The topological polar surface area (TPSA) is 57.7 Å². The van der Waals surface area contributed by atoms with Gasteiger partial charge in [-0.3, -0.25) is 14.6 Å². The Morgan fingerprint density at radius 3 is 2.32 bits per heavy atom. The fourth-order valence-corrected chi connectivity index (χ4v) is 8.31. The quantitative estimate of drug-likeness (QED) is 0.129. The average Bonchev–Trinajstić information content (AvgIpc) is 3.17. The lowest BCUT2D eigenvalue weighted by Gasteiger charge is -2.36. The standard InChI is InChI=1S/C41H47F3N4O4S/c1-30(29-52-37-13-11-31-7-2-3-8-33(31)34(37)28-47-21-24-50-25-22-47)40(49)51-26-23-46-19-17-45(18-20-46)15-6-16-48-35-9-4-5-10-38(35)53-39-14-12-32(27-36(39)48)41(42,43)44/h2-5,7-14,27,30H,6,15-26,28-29H2,1H3. The molecule has 0 aliphatic carbocycles. The van der Waals surface area contributed by atoms with Crippen molar-refractivity contribution in [1.29, 1.82) is 0 Å². The molecule has 0 bridgehead atoms. The van der Waals surface area contributed by atoms with E-state index in [0.29, 0.717) is 25.4 Å². The van der Waals surface area contributed by atoms with Crippen LogP contribution < -0.4 is 9.64 Å². The van der Waals surface area contributed by atoms with E-state index < -0.39 is 17.7 Å². The molecule has 282 valence electrons. The molecule has 2 saturated heterocycles. The van der Waals surface area contributed by atoms with Crippen molar-refractivity contribution in [3.63, 3.8) is 0 Å². The minimum atomic E-state index is -4.39. The highest BCUT2D eigenvalue weighted by atomic mass is 32.2. The number of rotatable bonds is 13. The van der Waals surface area contributed by atoms with Gasteiger partial charge in [-0.25, -0.2) is 0 Å². The molecule has 2 fully saturated rings. The maximum absolute atomic E-state index is 13.6. The van der Waals surface area contributed by atoms with Crippen molar-refractivity contribution < 1.29 is 32.2 Å². The summed E-state index contributed by atoms with van der Waals surface area (Å²) in [5, 5.41) is 2.32. The first kappa shape index (κ1) is 37.5. The van der Waals surface area contributed by atoms with Crippen LogP contribution in [0, 0.1) is 5.92 Å². The number of nitrogens with zero attached hydrogens (tertiary/aromatic N) is 4. The molecule has 1 unspecified atom stereocenters. The third kappa shape index (κ3) is 9.29. The van der Waals surface area contributed by atoms with Crippen LogP contribution in [-0.2, 0) is 27.0 Å². The first-order chi connectivity index (χ1) is 25.7. The lowest BCUT2D eigenvalue weighted by molar-refractivity contribution is -0.149. The summed E-state index contributed by atoms with van der Waals surface area (Å²) < 4.78 is 58.3. The number of anilines is 2. The minimum Gasteiger partial charge on any atom is -0.492 e. The molecular weight excluding hydrogens is 702 g/mol. The lowest BCUT2D eigenvalue weighted by atomic mass is 10.0. The number of fused-ring (bicyclic) bond motifs is 3. The highest BCUT2D eigenvalue weighted by Gasteiger charge is 2.33. The molecule has 4 aromatic rings. The first-order valence-corrected chi connectivity index (χ1v) is 19.3. The number of piperazine rings is 1. The zero-order valence-corrected chi connectivity index (χ0v) is 31.0. The summed E-state index contributed by atoms with van der Waals surface area (Å²) in [6.45, 7) is 12.0. The number of hydrogen-bond acceptors (Lipinski definition) is 9. The van der Waals surface area contributed by atoms with Crippen LogP contribution in [0.2, 0.25) is 0 Å². The van der Waals surface area contributed by atoms with Gasteiger partial charge in [-0.1, -0.05) is 54.2 Å². The molecule has 12 heteroatoms. The Morgan fingerprint density at radius 1 is 0.811 bits per heavy atom. The fourth-order valence-electron chi connectivity index (χ4n) is 7.23. The van der Waals surface area contributed by atoms with Crippen LogP contribution in [0.1, 0.15) is 24.5 Å². The number of carbonyl (C=O) groups excluding carboxylic acids is 1. The molecule has 8 nitrogen and oxygen atoms in total. The molecule has 4 aromatic carbocycles. The van der Waals surface area contributed by atoms with E-state index in [-0.39, 0.29) is 12.6 Å². The Balaban J connectivity index is 0.845. The smallest absolute Gasteiger partial charge is 0.416 e. The third-order valence-corrected chi connectivity index (χ3v) is 11.4. The van der Waals surface area contributed by atoms with Crippen molar-refractivity contribution in [1.82, 2.24) is 14.7 Å². The normalized spacial score (nSPS) is 17.7. The van der Waals surface area contributed by atoms with Gasteiger partial charge in [0.05, 0.1) is 36.1 Å². The molecule has 1 atom stereocenters. The van der Waals surface area contributed by atoms with Gasteiger partial charge in [-0.15, -0.1) is 0 Å². The van der Waals surface area contributed by atoms with E-state index in [0.717, 1.165) is 110 Å². The second-order valence-corrected chi connectivity index (χ2v) is 15.1. The van der Waals surface area contributed by atoms with E-state index in [1.807, 2.05) is 54.3 Å². The van der Waals surface area contributed by atoms with Crippen LogP contribution in [-0.4, -0.2) is 106 Å². The largest absolute Gasteiger partial charge is 0.492 e. The van der Waals surface area contributed by atoms with Gasteiger partial charge < -0.3 is 24.0 Å². The predicted octanol–water partition coefficient (Wildman–Crippen LogP) is 7.56. The third-order valence-electron chi connectivity index (χ3n) is 10.3. The monoisotopic (exact) mass is 748 g/mol. The molecule has 0 saturated carbocycles. The summed E-state index contributed by atoms with van der Waals surface area (Å²) in [4.78, 5) is 24.0. The van der Waals surface area contributed by atoms with Crippen LogP contribution in [0.15, 0.2) is 88.7 Å². The van der Waals surface area contributed by atoms with Gasteiger partial charge >= 0.3 is 12.1 Å². The number of esters is 1. The van der Waals surface area contributed by atoms with Gasteiger partial charge in [0.15, 0.2) is 0 Å². The molecule has 0 spiro atoms. The van der Waals surface area contributed by atoms with Gasteiger partial charge in [0, 0.05) is 74.3 Å². The highest BCUT2D eigenvalue weighted by Crippen LogP contribution is 2.49. The fraction of sp³-hybridized carbons (Fsp3) is 0.439. The van der Waals surface area contributed by atoms with Crippen LogP contribution in [0.5, 0.6) is 5.75 Å². The van der Waals surface area contributed by atoms with Gasteiger partial charge in [0.25, 0.3) is 0 Å². The summed E-state index contributed by atoms with van der Waals surface area (Å²) in [7, 11) is 0. The summed E-state index contributed by atoms with van der Waals surface area (Å²) in [6.07, 6.45) is -3.57. The Bertz CT molecular complexity index is 1860. The summed E-state index contributed by atoms with van der Waals surface area (Å²) in [5.41, 5.74) is 2.07. The van der Waals surface area contributed by atoms with Gasteiger partial charge in [0.2, 0.25) is 0 Å². The van der Waals surface area contributed by atoms with E-state index in [2.05, 4.69) is 32.9 Å². The van der Waals surface area contributed by atoms with Crippen LogP contribution >= 0.6 is 11.8 Å². The molecule has 3 aliphatic heterocycles. The van der Waals surface area contributed by atoms with Crippen molar-refractivity contribution in [2.24, 2.45) is 5.92 Å². The zero-order valence-electron chi connectivity index (χ0n) is 30.2. The van der Waals surface area contributed by atoms with E-state index in [4.69, 9.17) is 14.2 Å². The molecule has 7 rings (SSSR count). The lowest BCUT2D eigenvalue weighted by Crippen LogP contribution is -2.47. The summed E-state index contributed by atoms with van der Waals surface area (Å²) in [6, 6.07) is 24.3. The second-order valence-electron chi connectivity index (χ2n) is 14.0. The van der Waals surface area contributed by atoms with E-state index in [1.165, 1.54) is 23.9 Å². The van der Waals surface area contributed by atoms with E-state index in [1.54, 1.807) is 6.07 Å². The Morgan fingerprint density at radius 2 is 1.53 bits per heavy atom. The molecule has 0 N–H and O–H groups in total. The molecule has 0 radical (unpaired) electrons. The van der Waals surface area contributed by atoms with Gasteiger partial charge in [-0.05, 0) is 67.1 Å². The number of para-hydroxylation sites is 1. The number of hydrogen-bond donors (Lipinski definition) is 0. The number of benzene rings is 4. The van der Waals surface area contributed by atoms with E-state index >= 15 is 0 Å². The molecule has 0 amide bonds. The minimum absolute atomic E-state index is 0.239. The van der Waals surface area contributed by atoms with Crippen LogP contribution in [0.3, 0.4) is 0 Å². The molecular formula is C41H47F3N4O4S. The van der Waals surface area contributed by atoms with E-state index in [9.17, 15) is 18.0 Å². The number of carbonyl (C=O) groups is 1. The first-order valence-electron chi connectivity index (χ1n) is 18.5. The Hall–Kier alpha value is -3.81. The van der Waals surface area contributed by atoms with Crippen molar-refractivity contribution in [3.8, 4) is 5.75 Å². The molecule has 0 aromatic heterocycles. The van der Waals surface area contributed by atoms with Crippen molar-refractivity contribution in [3.05, 3.63) is 90.0 Å². The van der Waals surface area contributed by atoms with Crippen molar-refractivity contribution >= 4 is 39.9 Å². The SMILES string of the molecule is CC(COc1ccc2ccccc2c1CN1CCOCC1)C(=O)OCCN1CCN(CCCN2c3ccccc3Sc3ccc(C(F)(F)F)cc32)CC1. The highest BCUT2D eigenvalue weighted by molar-refractivity contribution is 7.99. The number of ether oxygens (including phenoxy) is 3. The number of morpholine rings is 1. The van der Waals surface area contributed by atoms with Crippen molar-refractivity contribution in [2.75, 3.05) is 90.2 Å². The van der Waals surface area contributed by atoms with Crippen molar-refractivity contribution in [2.45, 2.75) is 35.9 Å². The molecule has 3 heterocycles. The molecule has 53 heavy (non-hydrogen) atoms. The Kier molecular flexibility index (Phi) is 12.1. The van der Waals surface area contributed by atoms with Crippen LogP contribution in [0.25, 0.3) is 10.8 Å². The Labute approximate surface area is 313 Å². The van der Waals surface area contributed by atoms with Crippen LogP contribution in [0.4, 0.5) is 24.5 Å². The maximum atomic E-state index is 13.6. The second kappa shape index (κ2) is 17.1. The average molecular weight is 749 g/mol. The molecule has 3 aliphatic rings. The zero-order chi connectivity index (χ0) is 36.8. The predicted molar refractivity (Wildman–Crippen MR) is 202 cm³/mol. The van der Waals surface area contributed by atoms with Gasteiger partial charge in [-0.2, -0.15) is 13.2 Å². The number of alkyl halides is 3. The van der Waals surface area contributed by atoms with Gasteiger partial charge in [0.1, 0.15) is 19.0 Å². The summed E-state index contributed by atoms with van der Waals surface area (Å²) in [5.74, 6) is 0.126. The summed E-state index contributed by atoms with van der Waals surface area (Å²) >= 11 is 1.52. The number of halogens is 3. The maximum Gasteiger partial charge on any atom is 0.416 e.